The maximum atomic E-state index is 12.1. The molecule has 27 heavy (non-hydrogen) atoms. The fourth-order valence-corrected chi connectivity index (χ4v) is 3.99. The molecule has 2 aromatic rings. The van der Waals surface area contributed by atoms with Gasteiger partial charge in [0.1, 0.15) is 5.75 Å². The lowest BCUT2D eigenvalue weighted by Gasteiger charge is -2.26. The van der Waals surface area contributed by atoms with Crippen LogP contribution < -0.4 is 15.4 Å². The zero-order valence-corrected chi connectivity index (χ0v) is 16.6. The van der Waals surface area contributed by atoms with Gasteiger partial charge >= 0.3 is 6.03 Å². The van der Waals surface area contributed by atoms with Gasteiger partial charge in [-0.1, -0.05) is 24.3 Å². The Morgan fingerprint density at radius 2 is 1.89 bits per heavy atom. The first-order valence-corrected chi connectivity index (χ1v) is 10.5. The molecule has 0 saturated carbocycles. The number of benzene rings is 2. The van der Waals surface area contributed by atoms with Crippen molar-refractivity contribution < 1.29 is 9.53 Å². The zero-order valence-electron chi connectivity index (χ0n) is 15.7. The van der Waals surface area contributed by atoms with Gasteiger partial charge in [-0.15, -0.1) is 0 Å². The van der Waals surface area contributed by atoms with E-state index in [0.29, 0.717) is 6.54 Å². The minimum atomic E-state index is -0.212. The average Bonchev–Trinajstić information content (AvgIpc) is 2.73. The van der Waals surface area contributed by atoms with Crippen molar-refractivity contribution in [2.75, 3.05) is 43.6 Å². The van der Waals surface area contributed by atoms with E-state index >= 15 is 0 Å². The highest BCUT2D eigenvalue weighted by Crippen LogP contribution is 2.14. The molecule has 1 aliphatic heterocycles. The summed E-state index contributed by atoms with van der Waals surface area (Å²) in [4.78, 5) is 14.6. The molecule has 144 valence electrons. The standard InChI is InChI=1S/C21H27N3O2S/c1-26-20-4-2-3-18(15-20)16-22-21(25)23-19-7-5-17(6-8-19)9-10-24-11-13-27-14-12-24/h2-8,15H,9-14,16H2,1H3,(H2,22,23,25). The number of nitrogens with one attached hydrogen (secondary N) is 2. The van der Waals surface area contributed by atoms with Gasteiger partial charge < -0.3 is 20.3 Å². The predicted octanol–water partition coefficient (Wildman–Crippen LogP) is 3.61. The Kier molecular flexibility index (Phi) is 7.42. The summed E-state index contributed by atoms with van der Waals surface area (Å²) in [5.74, 6) is 3.27. The van der Waals surface area contributed by atoms with Gasteiger partial charge in [-0.2, -0.15) is 11.8 Å². The first kappa shape index (κ1) is 19.6. The van der Waals surface area contributed by atoms with Crippen LogP contribution in [0.2, 0.25) is 0 Å². The van der Waals surface area contributed by atoms with Gasteiger partial charge in [-0.25, -0.2) is 4.79 Å². The van der Waals surface area contributed by atoms with Crippen LogP contribution in [0.1, 0.15) is 11.1 Å². The van der Waals surface area contributed by atoms with E-state index in [1.165, 1.54) is 30.2 Å². The summed E-state index contributed by atoms with van der Waals surface area (Å²) >= 11 is 2.04. The second-order valence-corrected chi connectivity index (χ2v) is 7.78. The number of hydrogen-bond acceptors (Lipinski definition) is 4. The molecule has 0 bridgehead atoms. The van der Waals surface area contributed by atoms with E-state index < -0.39 is 0 Å². The minimum absolute atomic E-state index is 0.212. The Labute approximate surface area is 165 Å². The molecule has 1 aliphatic rings. The molecule has 0 aliphatic carbocycles. The van der Waals surface area contributed by atoms with Crippen molar-refractivity contribution >= 4 is 23.5 Å². The summed E-state index contributed by atoms with van der Waals surface area (Å²) in [5.41, 5.74) is 3.10. The van der Waals surface area contributed by atoms with E-state index in [0.717, 1.165) is 30.0 Å². The highest BCUT2D eigenvalue weighted by atomic mass is 32.2. The Morgan fingerprint density at radius 3 is 2.63 bits per heavy atom. The van der Waals surface area contributed by atoms with Crippen LogP contribution in [0.3, 0.4) is 0 Å². The van der Waals surface area contributed by atoms with Gasteiger partial charge in [0.25, 0.3) is 0 Å². The topological polar surface area (TPSA) is 53.6 Å². The van der Waals surface area contributed by atoms with Gasteiger partial charge in [0.2, 0.25) is 0 Å². The number of anilines is 1. The van der Waals surface area contributed by atoms with Crippen LogP contribution in [0.25, 0.3) is 0 Å². The lowest BCUT2D eigenvalue weighted by Crippen LogP contribution is -2.34. The maximum Gasteiger partial charge on any atom is 0.319 e. The number of rotatable bonds is 7. The number of methoxy groups -OCH3 is 1. The van der Waals surface area contributed by atoms with E-state index in [-0.39, 0.29) is 6.03 Å². The second-order valence-electron chi connectivity index (χ2n) is 6.56. The van der Waals surface area contributed by atoms with Crippen LogP contribution in [0.15, 0.2) is 48.5 Å². The quantitative estimate of drug-likeness (QED) is 0.765. The average molecular weight is 386 g/mol. The van der Waals surface area contributed by atoms with Crippen molar-refractivity contribution in [3.8, 4) is 5.75 Å². The Morgan fingerprint density at radius 1 is 1.11 bits per heavy atom. The van der Waals surface area contributed by atoms with Crippen molar-refractivity contribution in [1.29, 1.82) is 0 Å². The minimum Gasteiger partial charge on any atom is -0.497 e. The third-order valence-corrected chi connectivity index (χ3v) is 5.56. The molecule has 1 heterocycles. The van der Waals surface area contributed by atoms with Crippen LogP contribution in [-0.4, -0.2) is 49.2 Å². The number of carbonyl (C=O) groups is 1. The SMILES string of the molecule is COc1cccc(CNC(=O)Nc2ccc(CCN3CCSCC3)cc2)c1. The smallest absolute Gasteiger partial charge is 0.319 e. The lowest BCUT2D eigenvalue weighted by atomic mass is 10.1. The maximum absolute atomic E-state index is 12.1. The molecule has 0 unspecified atom stereocenters. The molecular weight excluding hydrogens is 358 g/mol. The summed E-state index contributed by atoms with van der Waals surface area (Å²) in [7, 11) is 1.63. The number of urea groups is 1. The lowest BCUT2D eigenvalue weighted by molar-refractivity contribution is 0.251. The third-order valence-electron chi connectivity index (χ3n) is 4.62. The molecule has 2 amide bonds. The van der Waals surface area contributed by atoms with E-state index in [9.17, 15) is 4.79 Å². The van der Waals surface area contributed by atoms with Crippen LogP contribution in [-0.2, 0) is 13.0 Å². The summed E-state index contributed by atoms with van der Waals surface area (Å²) in [6.07, 6.45) is 1.05. The second kappa shape index (κ2) is 10.2. The molecule has 0 radical (unpaired) electrons. The summed E-state index contributed by atoms with van der Waals surface area (Å²) in [5, 5.41) is 5.75. The number of thioether (sulfide) groups is 1. The van der Waals surface area contributed by atoms with Gasteiger partial charge in [0, 0.05) is 43.4 Å². The molecule has 6 heteroatoms. The molecule has 0 spiro atoms. The van der Waals surface area contributed by atoms with Gasteiger partial charge in [-0.3, -0.25) is 0 Å². The molecule has 1 saturated heterocycles. The van der Waals surface area contributed by atoms with Crippen LogP contribution in [0.5, 0.6) is 5.75 Å². The van der Waals surface area contributed by atoms with Crippen LogP contribution in [0, 0.1) is 0 Å². The van der Waals surface area contributed by atoms with Crippen molar-refractivity contribution in [1.82, 2.24) is 10.2 Å². The third kappa shape index (κ3) is 6.48. The molecule has 3 rings (SSSR count). The summed E-state index contributed by atoms with van der Waals surface area (Å²) in [6, 6.07) is 15.6. The van der Waals surface area contributed by atoms with Gasteiger partial charge in [-0.05, 0) is 41.8 Å². The fraction of sp³-hybridized carbons (Fsp3) is 0.381. The fourth-order valence-electron chi connectivity index (χ4n) is 3.01. The number of nitrogens with zero attached hydrogens (tertiary/aromatic N) is 1. The van der Waals surface area contributed by atoms with Crippen LogP contribution >= 0.6 is 11.8 Å². The molecule has 5 nitrogen and oxygen atoms in total. The highest BCUT2D eigenvalue weighted by Gasteiger charge is 2.10. The number of ether oxygens (including phenoxy) is 1. The molecular formula is C21H27N3O2S. The Bertz CT molecular complexity index is 730. The van der Waals surface area contributed by atoms with E-state index in [4.69, 9.17) is 4.74 Å². The first-order chi connectivity index (χ1) is 13.2. The zero-order chi connectivity index (χ0) is 18.9. The molecule has 0 atom stereocenters. The van der Waals surface area contributed by atoms with E-state index in [1.54, 1.807) is 7.11 Å². The van der Waals surface area contributed by atoms with Crippen molar-refractivity contribution in [3.05, 3.63) is 59.7 Å². The Hall–Kier alpha value is -2.18. The monoisotopic (exact) mass is 385 g/mol. The van der Waals surface area contributed by atoms with Crippen LogP contribution in [0.4, 0.5) is 10.5 Å². The van der Waals surface area contributed by atoms with Crippen molar-refractivity contribution in [3.63, 3.8) is 0 Å². The number of carbonyl (C=O) groups excluding carboxylic acids is 1. The number of hydrogen-bond donors (Lipinski definition) is 2. The van der Waals surface area contributed by atoms with Crippen molar-refractivity contribution in [2.24, 2.45) is 0 Å². The van der Waals surface area contributed by atoms with Gasteiger partial charge in [0.05, 0.1) is 7.11 Å². The highest BCUT2D eigenvalue weighted by molar-refractivity contribution is 7.99. The molecule has 2 N–H and O–H groups in total. The first-order valence-electron chi connectivity index (χ1n) is 9.30. The van der Waals surface area contributed by atoms with E-state index in [1.807, 2.05) is 48.2 Å². The predicted molar refractivity (Wildman–Crippen MR) is 113 cm³/mol. The largest absolute Gasteiger partial charge is 0.497 e. The molecule has 0 aromatic heterocycles. The normalized spacial score (nSPS) is 14.6. The van der Waals surface area contributed by atoms with E-state index in [2.05, 4.69) is 27.7 Å². The number of amides is 2. The van der Waals surface area contributed by atoms with Crippen molar-refractivity contribution in [2.45, 2.75) is 13.0 Å². The molecule has 2 aromatic carbocycles. The van der Waals surface area contributed by atoms with Gasteiger partial charge in [0.15, 0.2) is 0 Å². The summed E-state index contributed by atoms with van der Waals surface area (Å²) < 4.78 is 5.19. The molecule has 1 fully saturated rings. The Balaban J connectivity index is 1.42. The summed E-state index contributed by atoms with van der Waals surface area (Å²) in [6.45, 7) is 3.94.